The Balaban J connectivity index is 1.32. The van der Waals surface area contributed by atoms with E-state index in [0.717, 1.165) is 33.1 Å². The zero-order valence-electron chi connectivity index (χ0n) is 15.3. The second kappa shape index (κ2) is 8.42. The third kappa shape index (κ3) is 4.26. The second-order valence-electron chi connectivity index (χ2n) is 6.41. The predicted octanol–water partition coefficient (Wildman–Crippen LogP) is 3.53. The van der Waals surface area contributed by atoms with Crippen molar-refractivity contribution in [3.63, 3.8) is 0 Å². The molecule has 1 aliphatic heterocycles. The fourth-order valence-corrected chi connectivity index (χ4v) is 4.42. The molecule has 9 heteroatoms. The molecular weight excluding hydrogens is 444 g/mol. The lowest BCUT2D eigenvalue weighted by atomic mass is 10.2. The number of nitrogens with zero attached hydrogens (tertiary/aromatic N) is 4. The van der Waals surface area contributed by atoms with E-state index in [1.54, 1.807) is 7.11 Å². The van der Waals surface area contributed by atoms with Crippen LogP contribution in [-0.4, -0.2) is 59.1 Å². The molecule has 7 nitrogen and oxygen atoms in total. The Morgan fingerprint density at radius 2 is 1.93 bits per heavy atom. The molecule has 3 heterocycles. The van der Waals surface area contributed by atoms with Crippen molar-refractivity contribution < 1.29 is 14.1 Å². The molecule has 0 atom stereocenters. The normalized spacial score (nSPS) is 15.0. The summed E-state index contributed by atoms with van der Waals surface area (Å²) in [4.78, 5) is 21.9. The van der Waals surface area contributed by atoms with Crippen molar-refractivity contribution in [2.45, 2.75) is 6.54 Å². The molecule has 2 aromatic heterocycles. The SMILES string of the molecule is COc1ccc(-c2noc(CN3CCN(C(=O)c4ccc(Br)s4)CC3)n2)cc1. The van der Waals surface area contributed by atoms with Gasteiger partial charge < -0.3 is 14.2 Å². The summed E-state index contributed by atoms with van der Waals surface area (Å²) in [6.45, 7) is 3.51. The highest BCUT2D eigenvalue weighted by Crippen LogP contribution is 2.24. The van der Waals surface area contributed by atoms with E-state index in [1.165, 1.54) is 11.3 Å². The molecule has 0 saturated carbocycles. The number of hydrogen-bond acceptors (Lipinski definition) is 7. The molecule has 1 amide bonds. The first-order valence-electron chi connectivity index (χ1n) is 8.86. The number of halogens is 1. The highest BCUT2D eigenvalue weighted by atomic mass is 79.9. The van der Waals surface area contributed by atoms with Gasteiger partial charge in [-0.15, -0.1) is 11.3 Å². The molecule has 1 saturated heterocycles. The minimum Gasteiger partial charge on any atom is -0.497 e. The molecule has 0 radical (unpaired) electrons. The first kappa shape index (κ1) is 19.1. The summed E-state index contributed by atoms with van der Waals surface area (Å²) in [5.74, 6) is 2.02. The number of methoxy groups -OCH3 is 1. The van der Waals surface area contributed by atoms with Crippen molar-refractivity contribution >= 4 is 33.2 Å². The molecule has 1 aliphatic rings. The molecule has 3 aromatic rings. The summed E-state index contributed by atoms with van der Waals surface area (Å²) in [6.07, 6.45) is 0. The summed E-state index contributed by atoms with van der Waals surface area (Å²) in [5.41, 5.74) is 0.883. The number of rotatable bonds is 5. The third-order valence-corrected chi connectivity index (χ3v) is 6.23. The predicted molar refractivity (Wildman–Crippen MR) is 109 cm³/mol. The molecule has 0 bridgehead atoms. The van der Waals surface area contributed by atoms with E-state index < -0.39 is 0 Å². The van der Waals surface area contributed by atoms with Crippen molar-refractivity contribution in [3.8, 4) is 17.1 Å². The molecule has 0 unspecified atom stereocenters. The number of benzene rings is 1. The number of carbonyl (C=O) groups is 1. The number of piperazine rings is 1. The van der Waals surface area contributed by atoms with Gasteiger partial charge in [0.15, 0.2) is 0 Å². The summed E-state index contributed by atoms with van der Waals surface area (Å²) in [5, 5.41) is 4.07. The van der Waals surface area contributed by atoms with Gasteiger partial charge in [0.1, 0.15) is 5.75 Å². The molecule has 1 aromatic carbocycles. The van der Waals surface area contributed by atoms with E-state index in [4.69, 9.17) is 9.26 Å². The van der Waals surface area contributed by atoms with Crippen molar-refractivity contribution in [2.24, 2.45) is 0 Å². The molecule has 4 rings (SSSR count). The van der Waals surface area contributed by atoms with Gasteiger partial charge >= 0.3 is 0 Å². The first-order valence-corrected chi connectivity index (χ1v) is 10.5. The minimum absolute atomic E-state index is 0.0925. The zero-order chi connectivity index (χ0) is 19.5. The molecule has 0 spiro atoms. The average molecular weight is 463 g/mol. The number of carbonyl (C=O) groups excluding carboxylic acids is 1. The van der Waals surface area contributed by atoms with Gasteiger partial charge in [0.2, 0.25) is 11.7 Å². The summed E-state index contributed by atoms with van der Waals surface area (Å²) in [7, 11) is 1.63. The van der Waals surface area contributed by atoms with Crippen LogP contribution in [0.1, 0.15) is 15.6 Å². The fourth-order valence-electron chi connectivity index (χ4n) is 3.06. The zero-order valence-corrected chi connectivity index (χ0v) is 17.7. The van der Waals surface area contributed by atoms with E-state index in [-0.39, 0.29) is 5.91 Å². The van der Waals surface area contributed by atoms with Gasteiger partial charge in [-0.2, -0.15) is 4.98 Å². The van der Waals surface area contributed by atoms with Gasteiger partial charge in [-0.05, 0) is 52.3 Å². The Morgan fingerprint density at radius 3 is 2.57 bits per heavy atom. The van der Waals surface area contributed by atoms with Gasteiger partial charge in [-0.1, -0.05) is 5.16 Å². The van der Waals surface area contributed by atoms with Crippen LogP contribution in [0.5, 0.6) is 5.75 Å². The average Bonchev–Trinajstić information content (AvgIpc) is 3.37. The van der Waals surface area contributed by atoms with E-state index >= 15 is 0 Å². The maximum atomic E-state index is 12.5. The Labute approximate surface area is 175 Å². The van der Waals surface area contributed by atoms with Gasteiger partial charge in [-0.25, -0.2) is 0 Å². The van der Waals surface area contributed by atoms with Crippen LogP contribution in [0.3, 0.4) is 0 Å². The number of ether oxygens (including phenoxy) is 1. The Hall–Kier alpha value is -2.23. The van der Waals surface area contributed by atoms with Crippen LogP contribution in [0.2, 0.25) is 0 Å². The monoisotopic (exact) mass is 462 g/mol. The largest absolute Gasteiger partial charge is 0.497 e. The summed E-state index contributed by atoms with van der Waals surface area (Å²) < 4.78 is 11.5. The van der Waals surface area contributed by atoms with Gasteiger partial charge in [-0.3, -0.25) is 9.69 Å². The first-order chi connectivity index (χ1) is 13.6. The highest BCUT2D eigenvalue weighted by Gasteiger charge is 2.24. The number of aromatic nitrogens is 2. The van der Waals surface area contributed by atoms with E-state index in [2.05, 4.69) is 31.0 Å². The van der Waals surface area contributed by atoms with Crippen LogP contribution < -0.4 is 4.74 Å². The minimum atomic E-state index is 0.0925. The van der Waals surface area contributed by atoms with E-state index in [1.807, 2.05) is 41.3 Å². The molecule has 1 fully saturated rings. The second-order valence-corrected chi connectivity index (χ2v) is 8.88. The van der Waals surface area contributed by atoms with Crippen LogP contribution in [0, 0.1) is 0 Å². The fraction of sp³-hybridized carbons (Fsp3) is 0.316. The lowest BCUT2D eigenvalue weighted by Crippen LogP contribution is -2.48. The van der Waals surface area contributed by atoms with Crippen LogP contribution >= 0.6 is 27.3 Å². The molecule has 0 N–H and O–H groups in total. The lowest BCUT2D eigenvalue weighted by Gasteiger charge is -2.33. The number of amides is 1. The number of hydrogen-bond donors (Lipinski definition) is 0. The van der Waals surface area contributed by atoms with Crippen molar-refractivity contribution in [1.82, 2.24) is 19.9 Å². The lowest BCUT2D eigenvalue weighted by molar-refractivity contribution is 0.0620. The van der Waals surface area contributed by atoms with Crippen molar-refractivity contribution in [1.29, 1.82) is 0 Å². The van der Waals surface area contributed by atoms with Crippen LogP contribution in [0.25, 0.3) is 11.4 Å². The maximum absolute atomic E-state index is 12.5. The van der Waals surface area contributed by atoms with Crippen LogP contribution in [0.15, 0.2) is 44.7 Å². The standard InChI is InChI=1S/C19H19BrN4O3S/c1-26-14-4-2-13(3-5-14)18-21-17(27-22-18)12-23-8-10-24(11-9-23)19(25)15-6-7-16(20)28-15/h2-7H,8-12H2,1H3. The molecule has 28 heavy (non-hydrogen) atoms. The third-order valence-electron chi connectivity index (χ3n) is 4.62. The van der Waals surface area contributed by atoms with E-state index in [9.17, 15) is 4.79 Å². The van der Waals surface area contributed by atoms with Gasteiger partial charge in [0, 0.05) is 31.7 Å². The summed E-state index contributed by atoms with van der Waals surface area (Å²) >= 11 is 4.87. The maximum Gasteiger partial charge on any atom is 0.264 e. The summed E-state index contributed by atoms with van der Waals surface area (Å²) in [6, 6.07) is 11.3. The van der Waals surface area contributed by atoms with Gasteiger partial charge in [0.25, 0.3) is 5.91 Å². The van der Waals surface area contributed by atoms with E-state index in [0.29, 0.717) is 31.3 Å². The van der Waals surface area contributed by atoms with Crippen molar-refractivity contribution in [2.75, 3.05) is 33.3 Å². The number of thiophene rings is 1. The van der Waals surface area contributed by atoms with Gasteiger partial charge in [0.05, 0.1) is 22.3 Å². The topological polar surface area (TPSA) is 71.7 Å². The highest BCUT2D eigenvalue weighted by molar-refractivity contribution is 9.11. The molecular formula is C19H19BrN4O3S. The van der Waals surface area contributed by atoms with Crippen LogP contribution in [0.4, 0.5) is 0 Å². The Bertz CT molecular complexity index is 948. The Kier molecular flexibility index (Phi) is 5.74. The van der Waals surface area contributed by atoms with Crippen molar-refractivity contribution in [3.05, 3.63) is 51.0 Å². The Morgan fingerprint density at radius 1 is 1.18 bits per heavy atom. The quantitative estimate of drug-likeness (QED) is 0.577. The smallest absolute Gasteiger partial charge is 0.264 e. The molecule has 0 aliphatic carbocycles. The molecule has 146 valence electrons. The van der Waals surface area contributed by atoms with Crippen LogP contribution in [-0.2, 0) is 6.54 Å².